The molecule has 1 atom stereocenters. The third kappa shape index (κ3) is 3.39. The first-order valence-corrected chi connectivity index (χ1v) is 6.88. The Morgan fingerprint density at radius 3 is 2.50 bits per heavy atom. The Bertz CT molecular complexity index is 322. The molecule has 2 rings (SSSR count). The summed E-state index contributed by atoms with van der Waals surface area (Å²) in [6.07, 6.45) is 0. The minimum Gasteiger partial charge on any atom is -0.314 e. The van der Waals surface area contributed by atoms with Gasteiger partial charge in [0.25, 0.3) is 0 Å². The van der Waals surface area contributed by atoms with Crippen LogP contribution in [0.2, 0.25) is 5.02 Å². The topological polar surface area (TPSA) is 15.3 Å². The number of halogens is 1. The molecule has 2 nitrogen and oxygen atoms in total. The molecule has 16 heavy (non-hydrogen) atoms. The molecule has 1 unspecified atom stereocenters. The molecule has 88 valence electrons. The summed E-state index contributed by atoms with van der Waals surface area (Å²) in [5.41, 5.74) is 0. The van der Waals surface area contributed by atoms with Crippen LogP contribution in [0.25, 0.3) is 0 Å². The van der Waals surface area contributed by atoms with Crippen molar-refractivity contribution < 1.29 is 0 Å². The van der Waals surface area contributed by atoms with E-state index in [1.165, 1.54) is 4.90 Å². The fourth-order valence-electron chi connectivity index (χ4n) is 1.83. The fourth-order valence-corrected chi connectivity index (χ4v) is 3.00. The van der Waals surface area contributed by atoms with E-state index in [9.17, 15) is 0 Å². The van der Waals surface area contributed by atoms with Gasteiger partial charge in [-0.2, -0.15) is 0 Å². The summed E-state index contributed by atoms with van der Waals surface area (Å²) in [5.74, 6) is 0. The quantitative estimate of drug-likeness (QED) is 0.838. The zero-order valence-electron chi connectivity index (χ0n) is 9.45. The van der Waals surface area contributed by atoms with Crippen molar-refractivity contribution in [1.82, 2.24) is 10.2 Å². The molecule has 1 aromatic carbocycles. The van der Waals surface area contributed by atoms with Crippen LogP contribution in [0.1, 0.15) is 6.92 Å². The molecule has 1 heterocycles. The molecule has 1 saturated heterocycles. The van der Waals surface area contributed by atoms with Gasteiger partial charge in [0.05, 0.1) is 5.37 Å². The number of nitrogens with one attached hydrogen (secondary N) is 1. The van der Waals surface area contributed by atoms with E-state index in [1.807, 2.05) is 23.9 Å². The molecule has 0 spiro atoms. The van der Waals surface area contributed by atoms with Crippen molar-refractivity contribution in [2.75, 3.05) is 26.2 Å². The average Bonchev–Trinajstić information content (AvgIpc) is 2.33. The highest BCUT2D eigenvalue weighted by Crippen LogP contribution is 2.26. The van der Waals surface area contributed by atoms with E-state index in [1.54, 1.807) is 0 Å². The van der Waals surface area contributed by atoms with Crippen molar-refractivity contribution in [2.24, 2.45) is 0 Å². The van der Waals surface area contributed by atoms with Crippen LogP contribution >= 0.6 is 23.4 Å². The number of thioether (sulfide) groups is 1. The maximum atomic E-state index is 5.87. The lowest BCUT2D eigenvalue weighted by atomic mass is 10.4. The average molecular weight is 257 g/mol. The Morgan fingerprint density at radius 1 is 1.25 bits per heavy atom. The van der Waals surface area contributed by atoms with Gasteiger partial charge in [-0.3, -0.25) is 4.90 Å². The van der Waals surface area contributed by atoms with Gasteiger partial charge < -0.3 is 5.32 Å². The molecule has 0 saturated carbocycles. The first kappa shape index (κ1) is 12.2. The minimum atomic E-state index is 0.531. The standard InChI is InChI=1S/C12H17ClN2S/c1-10(15-8-6-14-7-9-15)16-12-4-2-11(13)3-5-12/h2-5,10,14H,6-9H2,1H3. The number of piperazine rings is 1. The van der Waals surface area contributed by atoms with Crippen molar-refractivity contribution in [3.63, 3.8) is 0 Å². The monoisotopic (exact) mass is 256 g/mol. The molecule has 1 aliphatic rings. The summed E-state index contributed by atoms with van der Waals surface area (Å²) < 4.78 is 0. The fraction of sp³-hybridized carbons (Fsp3) is 0.500. The maximum Gasteiger partial charge on any atom is 0.0576 e. The molecule has 0 radical (unpaired) electrons. The molecular weight excluding hydrogens is 240 g/mol. The maximum absolute atomic E-state index is 5.87. The molecule has 0 aliphatic carbocycles. The molecule has 1 fully saturated rings. The molecule has 1 aliphatic heterocycles. The van der Waals surface area contributed by atoms with Crippen molar-refractivity contribution >= 4 is 23.4 Å². The van der Waals surface area contributed by atoms with Crippen LogP contribution in [0.15, 0.2) is 29.2 Å². The van der Waals surface area contributed by atoms with Crippen molar-refractivity contribution in [1.29, 1.82) is 0 Å². The van der Waals surface area contributed by atoms with Gasteiger partial charge in [0.2, 0.25) is 0 Å². The summed E-state index contributed by atoms with van der Waals surface area (Å²) in [4.78, 5) is 3.80. The molecule has 0 amide bonds. The van der Waals surface area contributed by atoms with Gasteiger partial charge in [0.1, 0.15) is 0 Å². The van der Waals surface area contributed by atoms with Gasteiger partial charge >= 0.3 is 0 Å². The van der Waals surface area contributed by atoms with Gasteiger partial charge in [0, 0.05) is 36.1 Å². The summed E-state index contributed by atoms with van der Waals surface area (Å²) in [6, 6.07) is 8.08. The lowest BCUT2D eigenvalue weighted by molar-refractivity contribution is 0.234. The Kier molecular flexibility index (Phi) is 4.53. The van der Waals surface area contributed by atoms with Crippen LogP contribution in [0.3, 0.4) is 0 Å². The van der Waals surface area contributed by atoms with Crippen molar-refractivity contribution in [3.05, 3.63) is 29.3 Å². The summed E-state index contributed by atoms with van der Waals surface area (Å²) in [7, 11) is 0. The smallest absolute Gasteiger partial charge is 0.0576 e. The van der Waals surface area contributed by atoms with Crippen LogP contribution in [0.5, 0.6) is 0 Å². The van der Waals surface area contributed by atoms with Gasteiger partial charge in [-0.25, -0.2) is 0 Å². The third-order valence-electron chi connectivity index (χ3n) is 2.79. The van der Waals surface area contributed by atoms with E-state index in [4.69, 9.17) is 11.6 Å². The van der Waals surface area contributed by atoms with E-state index in [0.29, 0.717) is 5.37 Å². The molecular formula is C12H17ClN2S. The van der Waals surface area contributed by atoms with Crippen LogP contribution in [-0.4, -0.2) is 36.5 Å². The SMILES string of the molecule is CC(Sc1ccc(Cl)cc1)N1CCNCC1. The number of hydrogen-bond acceptors (Lipinski definition) is 3. The van der Waals surface area contributed by atoms with Crippen molar-refractivity contribution in [3.8, 4) is 0 Å². The molecule has 0 aromatic heterocycles. The van der Waals surface area contributed by atoms with Gasteiger partial charge in [-0.05, 0) is 31.2 Å². The first-order valence-electron chi connectivity index (χ1n) is 5.63. The second kappa shape index (κ2) is 5.92. The van der Waals surface area contributed by atoms with Gasteiger partial charge in [-0.15, -0.1) is 11.8 Å². The van der Waals surface area contributed by atoms with E-state index >= 15 is 0 Å². The second-order valence-electron chi connectivity index (χ2n) is 3.96. The van der Waals surface area contributed by atoms with Crippen LogP contribution in [-0.2, 0) is 0 Å². The van der Waals surface area contributed by atoms with E-state index in [2.05, 4.69) is 29.3 Å². The number of nitrogens with zero attached hydrogens (tertiary/aromatic N) is 1. The van der Waals surface area contributed by atoms with Gasteiger partial charge in [-0.1, -0.05) is 11.6 Å². The minimum absolute atomic E-state index is 0.531. The Hall–Kier alpha value is -0.220. The predicted molar refractivity (Wildman–Crippen MR) is 71.2 cm³/mol. The lowest BCUT2D eigenvalue weighted by Crippen LogP contribution is -2.46. The molecule has 4 heteroatoms. The van der Waals surface area contributed by atoms with Crippen molar-refractivity contribution in [2.45, 2.75) is 17.2 Å². The highest BCUT2D eigenvalue weighted by Gasteiger charge is 2.16. The predicted octanol–water partition coefficient (Wildman–Crippen LogP) is 2.68. The van der Waals surface area contributed by atoms with E-state index < -0.39 is 0 Å². The van der Waals surface area contributed by atoms with E-state index in [0.717, 1.165) is 31.2 Å². The number of rotatable bonds is 3. The number of benzene rings is 1. The summed E-state index contributed by atoms with van der Waals surface area (Å²) in [5, 5.41) is 4.71. The number of hydrogen-bond donors (Lipinski definition) is 1. The second-order valence-corrected chi connectivity index (χ2v) is 5.78. The molecule has 0 bridgehead atoms. The zero-order valence-corrected chi connectivity index (χ0v) is 11.0. The zero-order chi connectivity index (χ0) is 11.4. The highest BCUT2D eigenvalue weighted by molar-refractivity contribution is 7.99. The molecule has 1 aromatic rings. The summed E-state index contributed by atoms with van der Waals surface area (Å²) >= 11 is 7.77. The lowest BCUT2D eigenvalue weighted by Gasteiger charge is -2.32. The Labute approximate surface area is 106 Å². The first-order chi connectivity index (χ1) is 7.75. The van der Waals surface area contributed by atoms with Crippen LogP contribution in [0.4, 0.5) is 0 Å². The largest absolute Gasteiger partial charge is 0.314 e. The Morgan fingerprint density at radius 2 is 1.88 bits per heavy atom. The van der Waals surface area contributed by atoms with Crippen LogP contribution < -0.4 is 5.32 Å². The normalized spacial score (nSPS) is 19.6. The van der Waals surface area contributed by atoms with E-state index in [-0.39, 0.29) is 0 Å². The highest BCUT2D eigenvalue weighted by atomic mass is 35.5. The van der Waals surface area contributed by atoms with Gasteiger partial charge in [0.15, 0.2) is 0 Å². The summed E-state index contributed by atoms with van der Waals surface area (Å²) in [6.45, 7) is 6.76. The third-order valence-corrected chi connectivity index (χ3v) is 4.22. The molecule has 1 N–H and O–H groups in total. The van der Waals surface area contributed by atoms with Crippen LogP contribution in [0, 0.1) is 0 Å². The Balaban J connectivity index is 1.90.